The first-order valence-corrected chi connectivity index (χ1v) is 8.40. The van der Waals surface area contributed by atoms with Crippen molar-refractivity contribution in [2.75, 3.05) is 26.3 Å². The summed E-state index contributed by atoms with van der Waals surface area (Å²) in [6, 6.07) is 3.78. The molecule has 1 aromatic rings. The molecular weight excluding hydrogens is 347 g/mol. The van der Waals surface area contributed by atoms with E-state index in [0.29, 0.717) is 24.6 Å². The average molecular weight is 375 g/mol. The maximum atomic E-state index is 13.4. The number of likely N-dealkylation sites (tertiary alicyclic amines) is 1. The molecule has 1 aliphatic rings. The number of nitrogens with zero attached hydrogens (tertiary/aromatic N) is 1. The second-order valence-electron chi connectivity index (χ2n) is 6.92. The third-order valence-corrected chi connectivity index (χ3v) is 4.95. The Morgan fingerprint density at radius 3 is 2.52 bits per heavy atom. The van der Waals surface area contributed by atoms with Crippen LogP contribution < -0.4 is 5.32 Å². The van der Waals surface area contributed by atoms with Crippen molar-refractivity contribution in [3.63, 3.8) is 0 Å². The van der Waals surface area contributed by atoms with Crippen molar-refractivity contribution in [3.8, 4) is 0 Å². The Balaban J connectivity index is 0.00000312. The second kappa shape index (κ2) is 9.48. The number of carbonyl (C=O) groups excluding carboxylic acids is 1. The smallest absolute Gasteiger partial charge is 0.251 e. The maximum Gasteiger partial charge on any atom is 0.251 e. The third kappa shape index (κ3) is 5.14. The SMILES string of the molecule is Cc1ccc(F)cc1C(=O)N[C@H]1CN(C(CO)CO)C[C@@H]1C(C)C.Cl. The minimum atomic E-state index is -0.431. The minimum absolute atomic E-state index is 0. The molecule has 3 N–H and O–H groups in total. The number of amides is 1. The molecule has 0 aliphatic carbocycles. The van der Waals surface area contributed by atoms with Crippen molar-refractivity contribution < 1.29 is 19.4 Å². The summed E-state index contributed by atoms with van der Waals surface area (Å²) < 4.78 is 13.4. The van der Waals surface area contributed by atoms with Crippen molar-refractivity contribution in [3.05, 3.63) is 35.1 Å². The Morgan fingerprint density at radius 1 is 1.32 bits per heavy atom. The quantitative estimate of drug-likeness (QED) is 0.707. The van der Waals surface area contributed by atoms with E-state index >= 15 is 0 Å². The molecule has 1 aliphatic heterocycles. The van der Waals surface area contributed by atoms with Crippen LogP contribution in [-0.4, -0.2) is 59.4 Å². The van der Waals surface area contributed by atoms with Crippen molar-refractivity contribution in [2.45, 2.75) is 32.9 Å². The van der Waals surface area contributed by atoms with Gasteiger partial charge >= 0.3 is 0 Å². The summed E-state index contributed by atoms with van der Waals surface area (Å²) in [7, 11) is 0. The molecule has 1 amide bonds. The largest absolute Gasteiger partial charge is 0.395 e. The molecule has 0 radical (unpaired) electrons. The number of aliphatic hydroxyl groups is 2. The number of carbonyl (C=O) groups is 1. The molecule has 1 fully saturated rings. The zero-order valence-electron chi connectivity index (χ0n) is 14.9. The molecule has 0 unspecified atom stereocenters. The van der Waals surface area contributed by atoms with E-state index in [1.165, 1.54) is 12.1 Å². The van der Waals surface area contributed by atoms with Crippen LogP contribution in [0.3, 0.4) is 0 Å². The van der Waals surface area contributed by atoms with Crippen LogP contribution in [0.2, 0.25) is 0 Å². The van der Waals surface area contributed by atoms with Crippen LogP contribution in [0.5, 0.6) is 0 Å². The Bertz CT molecular complexity index is 581. The molecule has 1 aromatic carbocycles. The second-order valence-corrected chi connectivity index (χ2v) is 6.92. The lowest BCUT2D eigenvalue weighted by molar-refractivity contribution is 0.0849. The summed E-state index contributed by atoms with van der Waals surface area (Å²) in [5, 5.41) is 21.8. The zero-order chi connectivity index (χ0) is 17.9. The summed E-state index contributed by atoms with van der Waals surface area (Å²) >= 11 is 0. The highest BCUT2D eigenvalue weighted by Gasteiger charge is 2.38. The van der Waals surface area contributed by atoms with E-state index in [-0.39, 0.29) is 49.5 Å². The lowest BCUT2D eigenvalue weighted by Gasteiger charge is -2.24. The summed E-state index contributed by atoms with van der Waals surface area (Å²) in [5.74, 6) is -0.163. The minimum Gasteiger partial charge on any atom is -0.395 e. The molecule has 1 heterocycles. The summed E-state index contributed by atoms with van der Waals surface area (Å²) in [5.41, 5.74) is 1.07. The van der Waals surface area contributed by atoms with Gasteiger partial charge in [0, 0.05) is 24.7 Å². The van der Waals surface area contributed by atoms with Crippen molar-refractivity contribution in [2.24, 2.45) is 11.8 Å². The van der Waals surface area contributed by atoms with E-state index in [2.05, 4.69) is 19.2 Å². The maximum absolute atomic E-state index is 13.4. The van der Waals surface area contributed by atoms with Gasteiger partial charge in [0.25, 0.3) is 5.91 Å². The van der Waals surface area contributed by atoms with Gasteiger partial charge in [0.05, 0.1) is 19.3 Å². The average Bonchev–Trinajstić information content (AvgIpc) is 2.94. The summed E-state index contributed by atoms with van der Waals surface area (Å²) in [4.78, 5) is 14.6. The molecule has 25 heavy (non-hydrogen) atoms. The normalized spacial score (nSPS) is 20.8. The number of hydrogen-bond acceptors (Lipinski definition) is 4. The van der Waals surface area contributed by atoms with E-state index in [9.17, 15) is 19.4 Å². The molecule has 142 valence electrons. The molecule has 0 bridgehead atoms. The first-order chi connectivity index (χ1) is 11.4. The molecule has 7 heteroatoms. The Morgan fingerprint density at radius 2 is 1.96 bits per heavy atom. The van der Waals surface area contributed by atoms with Crippen LogP contribution in [0.1, 0.15) is 29.8 Å². The van der Waals surface area contributed by atoms with E-state index in [0.717, 1.165) is 5.56 Å². The van der Waals surface area contributed by atoms with Gasteiger partial charge in [-0.3, -0.25) is 9.69 Å². The molecular formula is C18H28ClFN2O3. The van der Waals surface area contributed by atoms with Crippen LogP contribution in [0.25, 0.3) is 0 Å². The van der Waals surface area contributed by atoms with Gasteiger partial charge < -0.3 is 15.5 Å². The number of halogens is 2. The fourth-order valence-electron chi connectivity index (χ4n) is 3.36. The first-order valence-electron chi connectivity index (χ1n) is 8.40. The molecule has 0 aromatic heterocycles. The molecule has 5 nitrogen and oxygen atoms in total. The predicted molar refractivity (Wildman–Crippen MR) is 97.5 cm³/mol. The molecule has 0 spiro atoms. The number of benzene rings is 1. The van der Waals surface area contributed by atoms with Crippen LogP contribution in [0.4, 0.5) is 4.39 Å². The van der Waals surface area contributed by atoms with Crippen LogP contribution in [-0.2, 0) is 0 Å². The van der Waals surface area contributed by atoms with Crippen LogP contribution in [0.15, 0.2) is 18.2 Å². The molecule has 2 rings (SSSR count). The monoisotopic (exact) mass is 374 g/mol. The first kappa shape index (κ1) is 21.8. The van der Waals surface area contributed by atoms with E-state index in [1.807, 2.05) is 4.90 Å². The van der Waals surface area contributed by atoms with Crippen molar-refractivity contribution >= 4 is 18.3 Å². The van der Waals surface area contributed by atoms with Gasteiger partial charge in [-0.2, -0.15) is 0 Å². The van der Waals surface area contributed by atoms with Gasteiger partial charge in [0.15, 0.2) is 0 Å². The highest BCUT2D eigenvalue weighted by molar-refractivity contribution is 5.95. The Labute approximate surface area is 154 Å². The fourth-order valence-corrected chi connectivity index (χ4v) is 3.36. The molecule has 0 saturated carbocycles. The van der Waals surface area contributed by atoms with Gasteiger partial charge in [-0.15, -0.1) is 12.4 Å². The van der Waals surface area contributed by atoms with E-state index in [1.54, 1.807) is 13.0 Å². The topological polar surface area (TPSA) is 72.8 Å². The number of nitrogens with one attached hydrogen (secondary N) is 1. The fraction of sp³-hybridized carbons (Fsp3) is 0.611. The Kier molecular flexibility index (Phi) is 8.28. The van der Waals surface area contributed by atoms with Gasteiger partial charge in [-0.25, -0.2) is 4.39 Å². The van der Waals surface area contributed by atoms with Gasteiger partial charge in [-0.1, -0.05) is 19.9 Å². The number of rotatable bonds is 6. The van der Waals surface area contributed by atoms with Crippen LogP contribution in [0, 0.1) is 24.6 Å². The number of aryl methyl sites for hydroxylation is 1. The molecule has 1 saturated heterocycles. The predicted octanol–water partition coefficient (Wildman–Crippen LogP) is 1.60. The van der Waals surface area contributed by atoms with Gasteiger partial charge in [0.1, 0.15) is 5.82 Å². The number of aliphatic hydroxyl groups excluding tert-OH is 2. The molecule has 2 atom stereocenters. The zero-order valence-corrected chi connectivity index (χ0v) is 15.7. The van der Waals surface area contributed by atoms with Crippen LogP contribution >= 0.6 is 12.4 Å². The standard InChI is InChI=1S/C18H27FN2O3.ClH/c1-11(2)16-7-21(14(9-22)10-23)8-17(16)20-18(24)15-6-13(19)5-4-12(15)3;/h4-6,11,14,16-17,22-23H,7-10H2,1-3H3,(H,20,24);1H/t16-,17+;/m1./s1. The summed E-state index contributed by atoms with van der Waals surface area (Å²) in [6.07, 6.45) is 0. The lowest BCUT2D eigenvalue weighted by atomic mass is 9.91. The van der Waals surface area contributed by atoms with E-state index < -0.39 is 5.82 Å². The van der Waals surface area contributed by atoms with Gasteiger partial charge in [-0.05, 0) is 36.5 Å². The highest BCUT2D eigenvalue weighted by Crippen LogP contribution is 2.26. The van der Waals surface area contributed by atoms with E-state index in [4.69, 9.17) is 0 Å². The lowest BCUT2D eigenvalue weighted by Crippen LogP contribution is -2.44. The van der Waals surface area contributed by atoms with Gasteiger partial charge in [0.2, 0.25) is 0 Å². The highest BCUT2D eigenvalue weighted by atomic mass is 35.5. The van der Waals surface area contributed by atoms with Crippen molar-refractivity contribution in [1.82, 2.24) is 10.2 Å². The van der Waals surface area contributed by atoms with Crippen molar-refractivity contribution in [1.29, 1.82) is 0 Å². The Hall–Kier alpha value is -1.21. The summed E-state index contributed by atoms with van der Waals surface area (Å²) in [6.45, 7) is 6.99. The third-order valence-electron chi connectivity index (χ3n) is 4.95. The number of hydrogen-bond donors (Lipinski definition) is 3.